The number of hydrogen-bond acceptors (Lipinski definition) is 2. The third kappa shape index (κ3) is 0.795. The maximum Gasteiger partial charge on any atom is 0.162 e. The smallest absolute Gasteiger partial charge is 0.162 e. The average Bonchev–Trinajstić information content (AvgIpc) is 2.05. The molecule has 51 valence electrons. The number of pyridine rings is 1. The molecule has 2 heterocycles. The van der Waals surface area contributed by atoms with Gasteiger partial charge in [0.15, 0.2) is 5.75 Å². The van der Waals surface area contributed by atoms with Gasteiger partial charge in [-0.15, -0.1) is 0 Å². The van der Waals surface area contributed by atoms with Crippen molar-refractivity contribution in [1.29, 1.82) is 0 Å². The van der Waals surface area contributed by atoms with Crippen molar-refractivity contribution in [2.45, 2.75) is 0 Å². The van der Waals surface area contributed by atoms with E-state index in [0.717, 1.165) is 18.0 Å². The summed E-state index contributed by atoms with van der Waals surface area (Å²) < 4.78 is 5.27. The van der Waals surface area contributed by atoms with E-state index in [4.69, 9.17) is 4.74 Å². The topological polar surface area (TPSA) is 36.2 Å². The number of aromatic nitrogens is 1. The summed E-state index contributed by atoms with van der Waals surface area (Å²) in [5, 5.41) is 4.23. The summed E-state index contributed by atoms with van der Waals surface area (Å²) in [6.07, 6.45) is 3.41. The van der Waals surface area contributed by atoms with Gasteiger partial charge in [0.1, 0.15) is 12.3 Å². The average molecular weight is 135 g/mol. The largest absolute Gasteiger partial charge is 0.488 e. The molecule has 0 spiro atoms. The maximum atomic E-state index is 5.27. The molecule has 0 fully saturated rings. The molecule has 0 aliphatic carbocycles. The molecule has 3 nitrogen and oxygen atoms in total. The SMILES string of the molecule is c1cc2c(cn1)OCC[N]2. The van der Waals surface area contributed by atoms with Gasteiger partial charge in [-0.1, -0.05) is 0 Å². The number of ether oxygens (including phenoxy) is 1. The van der Waals surface area contributed by atoms with Gasteiger partial charge in [-0.2, -0.15) is 0 Å². The summed E-state index contributed by atoms with van der Waals surface area (Å²) >= 11 is 0. The van der Waals surface area contributed by atoms with Crippen LogP contribution in [-0.4, -0.2) is 18.1 Å². The third-order valence-electron chi connectivity index (χ3n) is 1.39. The zero-order valence-corrected chi connectivity index (χ0v) is 5.45. The Bertz CT molecular complexity index is 212. The molecule has 0 saturated carbocycles. The first-order chi connectivity index (χ1) is 4.97. The van der Waals surface area contributed by atoms with Crippen molar-refractivity contribution < 1.29 is 4.74 Å². The number of rotatable bonds is 0. The van der Waals surface area contributed by atoms with Gasteiger partial charge in [-0.25, -0.2) is 0 Å². The fraction of sp³-hybridized carbons (Fsp3) is 0.286. The lowest BCUT2D eigenvalue weighted by Gasteiger charge is -2.15. The Kier molecular flexibility index (Phi) is 1.20. The molecule has 0 unspecified atom stereocenters. The standard InChI is InChI=1S/C7H7N2O/c1-2-8-5-7-6(1)9-3-4-10-7/h1-2,5H,3-4H2. The fourth-order valence-electron chi connectivity index (χ4n) is 0.936. The minimum absolute atomic E-state index is 0.679. The van der Waals surface area contributed by atoms with Crippen molar-refractivity contribution in [2.75, 3.05) is 13.2 Å². The molecule has 1 radical (unpaired) electrons. The van der Waals surface area contributed by atoms with E-state index in [1.165, 1.54) is 0 Å². The molecule has 1 aromatic heterocycles. The highest BCUT2D eigenvalue weighted by molar-refractivity contribution is 5.49. The van der Waals surface area contributed by atoms with Crippen LogP contribution in [0.25, 0.3) is 0 Å². The van der Waals surface area contributed by atoms with Crippen molar-refractivity contribution in [3.63, 3.8) is 0 Å². The molecule has 0 N–H and O–H groups in total. The van der Waals surface area contributed by atoms with Crippen LogP contribution in [0.2, 0.25) is 0 Å². The normalized spacial score (nSPS) is 14.8. The monoisotopic (exact) mass is 135 g/mol. The molecular formula is C7H7N2O. The number of fused-ring (bicyclic) bond motifs is 1. The van der Waals surface area contributed by atoms with Gasteiger partial charge in [0.2, 0.25) is 0 Å². The van der Waals surface area contributed by atoms with Crippen molar-refractivity contribution in [2.24, 2.45) is 0 Å². The van der Waals surface area contributed by atoms with E-state index >= 15 is 0 Å². The second kappa shape index (κ2) is 2.17. The molecule has 0 bridgehead atoms. The van der Waals surface area contributed by atoms with Crippen LogP contribution in [0.15, 0.2) is 18.5 Å². The molecule has 0 amide bonds. The molecule has 1 aliphatic rings. The Labute approximate surface area is 59.0 Å². The van der Waals surface area contributed by atoms with E-state index in [1.54, 1.807) is 12.4 Å². The first-order valence-electron chi connectivity index (χ1n) is 3.21. The Hall–Kier alpha value is -1.25. The predicted octanol–water partition coefficient (Wildman–Crippen LogP) is 0.710. The summed E-state index contributed by atoms with van der Waals surface area (Å²) in [6, 6.07) is 1.86. The lowest BCUT2D eigenvalue weighted by molar-refractivity contribution is 0.300. The van der Waals surface area contributed by atoms with E-state index in [9.17, 15) is 0 Å². The summed E-state index contributed by atoms with van der Waals surface area (Å²) in [6.45, 7) is 1.44. The zero-order valence-electron chi connectivity index (χ0n) is 5.45. The molecule has 10 heavy (non-hydrogen) atoms. The second-order valence-electron chi connectivity index (χ2n) is 2.07. The van der Waals surface area contributed by atoms with Crippen LogP contribution in [0.1, 0.15) is 0 Å². The number of hydrogen-bond donors (Lipinski definition) is 0. The number of nitrogens with zero attached hydrogens (tertiary/aromatic N) is 2. The summed E-state index contributed by atoms with van der Waals surface area (Å²) in [4.78, 5) is 3.91. The highest BCUT2D eigenvalue weighted by Gasteiger charge is 2.08. The van der Waals surface area contributed by atoms with Gasteiger partial charge in [0, 0.05) is 6.20 Å². The highest BCUT2D eigenvalue weighted by Crippen LogP contribution is 2.24. The van der Waals surface area contributed by atoms with Gasteiger partial charge in [0.05, 0.1) is 12.7 Å². The summed E-state index contributed by atoms with van der Waals surface area (Å²) in [5.41, 5.74) is 0.918. The Morgan fingerprint density at radius 1 is 1.50 bits per heavy atom. The maximum absolute atomic E-state index is 5.27. The second-order valence-corrected chi connectivity index (χ2v) is 2.07. The van der Waals surface area contributed by atoms with Crippen molar-refractivity contribution >= 4 is 5.69 Å². The van der Waals surface area contributed by atoms with E-state index in [0.29, 0.717) is 6.61 Å². The van der Waals surface area contributed by atoms with E-state index in [1.807, 2.05) is 6.07 Å². The van der Waals surface area contributed by atoms with Crippen LogP contribution in [0.5, 0.6) is 5.75 Å². The molecular weight excluding hydrogens is 128 g/mol. The summed E-state index contributed by atoms with van der Waals surface area (Å²) in [7, 11) is 0. The molecule has 2 rings (SSSR count). The molecule has 3 heteroatoms. The van der Waals surface area contributed by atoms with Crippen LogP contribution in [0.3, 0.4) is 0 Å². The highest BCUT2D eigenvalue weighted by atomic mass is 16.5. The third-order valence-corrected chi connectivity index (χ3v) is 1.39. The van der Waals surface area contributed by atoms with Crippen molar-refractivity contribution in [1.82, 2.24) is 10.3 Å². The van der Waals surface area contributed by atoms with Crippen molar-refractivity contribution in [3.05, 3.63) is 18.5 Å². The van der Waals surface area contributed by atoms with Crippen molar-refractivity contribution in [3.8, 4) is 5.75 Å². The molecule has 0 aromatic carbocycles. The first kappa shape index (κ1) is 5.53. The Morgan fingerprint density at radius 2 is 2.50 bits per heavy atom. The molecule has 0 atom stereocenters. The van der Waals surface area contributed by atoms with Gasteiger partial charge in [-0.05, 0) is 6.07 Å². The van der Waals surface area contributed by atoms with Crippen LogP contribution < -0.4 is 10.1 Å². The minimum atomic E-state index is 0.679. The zero-order chi connectivity index (χ0) is 6.81. The van der Waals surface area contributed by atoms with Crippen LogP contribution in [-0.2, 0) is 0 Å². The Balaban J connectivity index is 2.41. The van der Waals surface area contributed by atoms with E-state index in [2.05, 4.69) is 10.3 Å². The van der Waals surface area contributed by atoms with E-state index in [-0.39, 0.29) is 0 Å². The van der Waals surface area contributed by atoms with Gasteiger partial charge in [0.25, 0.3) is 0 Å². The lowest BCUT2D eigenvalue weighted by atomic mass is 10.3. The quantitative estimate of drug-likeness (QED) is 0.525. The molecule has 1 aromatic rings. The van der Waals surface area contributed by atoms with Gasteiger partial charge in [-0.3, -0.25) is 10.3 Å². The molecule has 0 saturated heterocycles. The Morgan fingerprint density at radius 3 is 3.40 bits per heavy atom. The summed E-state index contributed by atoms with van der Waals surface area (Å²) in [5.74, 6) is 0.800. The van der Waals surface area contributed by atoms with Crippen LogP contribution in [0, 0.1) is 0 Å². The lowest BCUT2D eigenvalue weighted by Crippen LogP contribution is -2.17. The fourth-order valence-corrected chi connectivity index (χ4v) is 0.936. The van der Waals surface area contributed by atoms with E-state index < -0.39 is 0 Å². The van der Waals surface area contributed by atoms with Crippen LogP contribution in [0.4, 0.5) is 5.69 Å². The minimum Gasteiger partial charge on any atom is -0.488 e. The van der Waals surface area contributed by atoms with Gasteiger partial charge >= 0.3 is 0 Å². The van der Waals surface area contributed by atoms with Crippen LogP contribution >= 0.6 is 0 Å². The molecule has 1 aliphatic heterocycles. The predicted molar refractivity (Wildman–Crippen MR) is 36.4 cm³/mol. The van der Waals surface area contributed by atoms with Gasteiger partial charge < -0.3 is 4.74 Å². The first-order valence-corrected chi connectivity index (χ1v) is 3.21.